The molecule has 1 aromatic carbocycles. The Morgan fingerprint density at radius 3 is 2.03 bits per heavy atom. The Balaban J connectivity index is 1.38. The second-order valence-electron chi connectivity index (χ2n) is 8.56. The molecule has 3 heterocycles. The lowest BCUT2D eigenvalue weighted by Crippen LogP contribution is -2.49. The van der Waals surface area contributed by atoms with E-state index in [0.29, 0.717) is 24.3 Å². The van der Waals surface area contributed by atoms with Crippen molar-refractivity contribution in [3.8, 4) is 0 Å². The smallest absolute Gasteiger partial charge is 0.243 e. The number of aromatic nitrogens is 1. The highest BCUT2D eigenvalue weighted by Crippen LogP contribution is 2.25. The molecule has 2 amide bonds. The number of rotatable bonds is 6. The van der Waals surface area contributed by atoms with Gasteiger partial charge in [0.2, 0.25) is 21.8 Å². The number of hydrogen-bond acceptors (Lipinski definition) is 6. The van der Waals surface area contributed by atoms with Gasteiger partial charge in [-0.25, -0.2) is 8.42 Å². The number of carbonyl (C=O) groups excluding carboxylic acids is 3. The number of Topliss-reactive ketones (excluding diaryl/α,β-unsaturated/α-hetero) is 1. The van der Waals surface area contributed by atoms with Crippen LogP contribution in [0, 0.1) is 13.8 Å². The average molecular weight is 473 g/mol. The summed E-state index contributed by atoms with van der Waals surface area (Å²) >= 11 is 0. The van der Waals surface area contributed by atoms with Crippen LogP contribution in [0.25, 0.3) is 0 Å². The summed E-state index contributed by atoms with van der Waals surface area (Å²) in [5.41, 5.74) is 3.05. The number of anilines is 1. The third-order valence-electron chi connectivity index (χ3n) is 6.56. The van der Waals surface area contributed by atoms with Crippen molar-refractivity contribution in [3.05, 3.63) is 47.3 Å². The molecule has 33 heavy (non-hydrogen) atoms. The van der Waals surface area contributed by atoms with E-state index in [2.05, 4.69) is 0 Å². The maximum Gasteiger partial charge on any atom is 0.243 e. The first-order valence-corrected chi connectivity index (χ1v) is 12.4. The normalized spacial score (nSPS) is 18.3. The van der Waals surface area contributed by atoms with E-state index in [1.165, 1.54) is 28.6 Å². The van der Waals surface area contributed by atoms with Crippen LogP contribution in [-0.2, 0) is 26.7 Å². The number of carbonyl (C=O) groups is 3. The molecule has 2 fully saturated rings. The predicted molar refractivity (Wildman–Crippen MR) is 123 cm³/mol. The molecule has 0 saturated carbocycles. The third kappa shape index (κ3) is 4.38. The van der Waals surface area contributed by atoms with Crippen LogP contribution in [-0.4, -0.2) is 72.5 Å². The molecule has 2 aromatic rings. The van der Waals surface area contributed by atoms with E-state index in [4.69, 9.17) is 0 Å². The first kappa shape index (κ1) is 23.3. The molecular formula is C23H28N4O5S. The molecule has 2 aliphatic rings. The number of nitrogens with zero attached hydrogens (tertiary/aromatic N) is 4. The number of benzene rings is 1. The zero-order valence-electron chi connectivity index (χ0n) is 19.1. The molecule has 176 valence electrons. The molecule has 0 bridgehead atoms. The van der Waals surface area contributed by atoms with Crippen LogP contribution in [0.5, 0.6) is 0 Å². The number of sulfonamides is 1. The van der Waals surface area contributed by atoms with E-state index >= 15 is 0 Å². The number of piperazine rings is 1. The summed E-state index contributed by atoms with van der Waals surface area (Å²) in [7, 11) is -1.78. The summed E-state index contributed by atoms with van der Waals surface area (Å²) in [5, 5.41) is 0. The molecule has 10 heteroatoms. The molecule has 0 N–H and O–H groups in total. The lowest BCUT2D eigenvalue weighted by Gasteiger charge is -2.33. The fourth-order valence-electron chi connectivity index (χ4n) is 4.33. The Bertz CT molecular complexity index is 1190. The fourth-order valence-corrected chi connectivity index (χ4v) is 5.76. The first-order valence-electron chi connectivity index (χ1n) is 10.9. The van der Waals surface area contributed by atoms with E-state index < -0.39 is 10.0 Å². The maximum atomic E-state index is 13.1. The van der Waals surface area contributed by atoms with Crippen LogP contribution in [0.2, 0.25) is 0 Å². The van der Waals surface area contributed by atoms with Gasteiger partial charge < -0.3 is 4.57 Å². The van der Waals surface area contributed by atoms with Crippen molar-refractivity contribution in [3.63, 3.8) is 0 Å². The summed E-state index contributed by atoms with van der Waals surface area (Å²) < 4.78 is 29.5. The van der Waals surface area contributed by atoms with Crippen LogP contribution in [0.1, 0.15) is 34.6 Å². The minimum Gasteiger partial charge on any atom is -0.351 e. The molecule has 2 saturated heterocycles. The molecule has 1 aromatic heterocycles. The van der Waals surface area contributed by atoms with Crippen molar-refractivity contribution in [1.82, 2.24) is 13.8 Å². The summed E-state index contributed by atoms with van der Waals surface area (Å²) in [6.45, 7) is 5.63. The Kier molecular flexibility index (Phi) is 6.26. The lowest BCUT2D eigenvalue weighted by atomic mass is 10.1. The summed E-state index contributed by atoms with van der Waals surface area (Å²) in [6, 6.07) is 7.74. The molecule has 9 nitrogen and oxygen atoms in total. The van der Waals surface area contributed by atoms with Crippen molar-refractivity contribution in [1.29, 1.82) is 0 Å². The monoisotopic (exact) mass is 472 g/mol. The SMILES string of the molecule is Cc1cc(C(=O)CN2CCN(S(=O)(=O)c3ccc(N4C(=O)CCC4=O)cc3)CC2)c(C)n1C. The lowest BCUT2D eigenvalue weighted by molar-refractivity contribution is -0.121. The first-order chi connectivity index (χ1) is 15.6. The van der Waals surface area contributed by atoms with Gasteiger partial charge in [-0.1, -0.05) is 0 Å². The molecule has 0 radical (unpaired) electrons. The topological polar surface area (TPSA) is 100 Å². The third-order valence-corrected chi connectivity index (χ3v) is 8.47. The Labute approximate surface area is 193 Å². The molecule has 2 aliphatic heterocycles. The number of amides is 2. The van der Waals surface area contributed by atoms with Gasteiger partial charge in [0.1, 0.15) is 0 Å². The van der Waals surface area contributed by atoms with E-state index in [1.807, 2.05) is 36.4 Å². The van der Waals surface area contributed by atoms with Gasteiger partial charge in [-0.05, 0) is 44.2 Å². The van der Waals surface area contributed by atoms with Crippen molar-refractivity contribution in [2.75, 3.05) is 37.6 Å². The van der Waals surface area contributed by atoms with Crippen molar-refractivity contribution in [2.45, 2.75) is 31.6 Å². The van der Waals surface area contributed by atoms with Crippen molar-refractivity contribution < 1.29 is 22.8 Å². The van der Waals surface area contributed by atoms with Crippen LogP contribution < -0.4 is 4.90 Å². The summed E-state index contributed by atoms with van der Waals surface area (Å²) in [5.74, 6) is -0.515. The number of imide groups is 1. The summed E-state index contributed by atoms with van der Waals surface area (Å²) in [6.07, 6.45) is 0.351. The van der Waals surface area contributed by atoms with Gasteiger partial charge in [-0.15, -0.1) is 0 Å². The summed E-state index contributed by atoms with van der Waals surface area (Å²) in [4.78, 5) is 39.7. The van der Waals surface area contributed by atoms with Gasteiger partial charge in [0.25, 0.3) is 0 Å². The zero-order valence-corrected chi connectivity index (χ0v) is 19.9. The van der Waals surface area contributed by atoms with Crippen LogP contribution in [0.4, 0.5) is 5.69 Å². The minimum absolute atomic E-state index is 0.0362. The highest BCUT2D eigenvalue weighted by molar-refractivity contribution is 7.89. The van der Waals surface area contributed by atoms with E-state index in [9.17, 15) is 22.8 Å². The van der Waals surface area contributed by atoms with E-state index in [0.717, 1.165) is 16.3 Å². The fraction of sp³-hybridized carbons (Fsp3) is 0.435. The highest BCUT2D eigenvalue weighted by Gasteiger charge is 2.32. The molecule has 0 aliphatic carbocycles. The minimum atomic E-state index is -3.71. The molecule has 4 rings (SSSR count). The van der Waals surface area contributed by atoms with Gasteiger partial charge in [-0.3, -0.25) is 24.2 Å². The van der Waals surface area contributed by atoms with Crippen molar-refractivity contribution >= 4 is 33.3 Å². The highest BCUT2D eigenvalue weighted by atomic mass is 32.2. The van der Waals surface area contributed by atoms with Gasteiger partial charge in [0.15, 0.2) is 5.78 Å². The van der Waals surface area contributed by atoms with Crippen LogP contribution in [0.3, 0.4) is 0 Å². The van der Waals surface area contributed by atoms with Crippen LogP contribution >= 0.6 is 0 Å². The van der Waals surface area contributed by atoms with Gasteiger partial charge in [0, 0.05) is 63.0 Å². The standard InChI is InChI=1S/C23H28N4O5S/c1-16-14-20(17(2)24(16)3)21(28)15-25-10-12-26(13-11-25)33(31,32)19-6-4-18(5-7-19)27-22(29)8-9-23(27)30/h4-7,14H,8-13,15H2,1-3H3. The second-order valence-corrected chi connectivity index (χ2v) is 10.5. The number of ketones is 1. The molecular weight excluding hydrogens is 444 g/mol. The Hall–Kier alpha value is -2.82. The van der Waals surface area contributed by atoms with Gasteiger partial charge in [0.05, 0.1) is 17.1 Å². The molecule has 0 atom stereocenters. The Morgan fingerprint density at radius 2 is 1.52 bits per heavy atom. The van der Waals surface area contributed by atoms with E-state index in [-0.39, 0.29) is 55.0 Å². The largest absolute Gasteiger partial charge is 0.351 e. The second kappa shape index (κ2) is 8.85. The number of hydrogen-bond donors (Lipinski definition) is 0. The predicted octanol–water partition coefficient (Wildman–Crippen LogP) is 1.48. The Morgan fingerprint density at radius 1 is 0.939 bits per heavy atom. The van der Waals surface area contributed by atoms with E-state index in [1.54, 1.807) is 0 Å². The number of aryl methyl sites for hydroxylation is 1. The average Bonchev–Trinajstić information content (AvgIpc) is 3.26. The molecule has 0 spiro atoms. The van der Waals surface area contributed by atoms with Gasteiger partial charge in [-0.2, -0.15) is 4.31 Å². The molecule has 0 unspecified atom stereocenters. The van der Waals surface area contributed by atoms with Crippen LogP contribution in [0.15, 0.2) is 35.2 Å². The maximum absolute atomic E-state index is 13.1. The zero-order chi connectivity index (χ0) is 23.9. The van der Waals surface area contributed by atoms with Gasteiger partial charge >= 0.3 is 0 Å². The van der Waals surface area contributed by atoms with Crippen molar-refractivity contribution in [2.24, 2.45) is 7.05 Å². The quantitative estimate of drug-likeness (QED) is 0.467.